The zero-order valence-electron chi connectivity index (χ0n) is 18.3. The molecule has 1 N–H and O–H groups in total. The van der Waals surface area contributed by atoms with Crippen molar-refractivity contribution in [3.8, 4) is 11.3 Å². The van der Waals surface area contributed by atoms with E-state index < -0.39 is 0 Å². The number of aryl methyl sites for hydroxylation is 1. The summed E-state index contributed by atoms with van der Waals surface area (Å²) in [7, 11) is 2.13. The number of nitrogens with zero attached hydrogens (tertiary/aromatic N) is 4. The fraction of sp³-hybridized carbons (Fsp3) is 0.458. The van der Waals surface area contributed by atoms with Crippen molar-refractivity contribution in [2.45, 2.75) is 64.6 Å². The van der Waals surface area contributed by atoms with Crippen molar-refractivity contribution in [3.63, 3.8) is 0 Å². The number of pyridine rings is 1. The predicted molar refractivity (Wildman–Crippen MR) is 120 cm³/mol. The maximum absolute atomic E-state index is 4.55. The predicted octanol–water partition coefficient (Wildman–Crippen LogP) is 4.75. The van der Waals surface area contributed by atoms with Crippen LogP contribution in [0.4, 0.5) is 5.82 Å². The fourth-order valence-electron chi connectivity index (χ4n) is 4.79. The van der Waals surface area contributed by atoms with Gasteiger partial charge in [0.1, 0.15) is 0 Å². The monoisotopic (exact) mass is 389 g/mol. The lowest BCUT2D eigenvalue weighted by atomic mass is 9.79. The molecule has 0 saturated carbocycles. The highest BCUT2D eigenvalue weighted by molar-refractivity contribution is 5.83. The topological polar surface area (TPSA) is 53.9 Å². The molecule has 0 aliphatic carbocycles. The summed E-state index contributed by atoms with van der Waals surface area (Å²) in [5.41, 5.74) is 4.27. The summed E-state index contributed by atoms with van der Waals surface area (Å²) in [5, 5.41) is 14.0. The number of hydrogen-bond donors (Lipinski definition) is 1. The molecule has 0 bridgehead atoms. The molecule has 5 nitrogen and oxygen atoms in total. The zero-order chi connectivity index (χ0) is 20.8. The summed E-state index contributed by atoms with van der Waals surface area (Å²) in [6.07, 6.45) is 4.05. The van der Waals surface area contributed by atoms with Crippen molar-refractivity contribution >= 4 is 16.7 Å². The van der Waals surface area contributed by atoms with E-state index in [2.05, 4.69) is 103 Å². The largest absolute Gasteiger partial charge is 0.355 e. The van der Waals surface area contributed by atoms with E-state index in [1.165, 1.54) is 5.56 Å². The van der Waals surface area contributed by atoms with Crippen LogP contribution in [0, 0.1) is 6.92 Å². The lowest BCUT2D eigenvalue weighted by molar-refractivity contribution is 0.160. The van der Waals surface area contributed by atoms with Gasteiger partial charge in [-0.05, 0) is 77.3 Å². The standard InChI is InChI=1S/C24H31N5/c1-16-11-17-7-8-18(12-21(17)25-15-16)20-9-10-22(27-26-20)29(6)19-13-23(2,3)28-24(4,5)14-19/h7-12,15,19,28H,13-14H2,1-6H3. The molecule has 0 atom stereocenters. The molecule has 0 radical (unpaired) electrons. The molecule has 1 fully saturated rings. The van der Waals surface area contributed by atoms with E-state index in [9.17, 15) is 0 Å². The first-order chi connectivity index (χ1) is 13.6. The van der Waals surface area contributed by atoms with Crippen LogP contribution in [-0.2, 0) is 0 Å². The van der Waals surface area contributed by atoms with Crippen LogP contribution in [0.25, 0.3) is 22.2 Å². The van der Waals surface area contributed by atoms with E-state index in [0.717, 1.165) is 40.8 Å². The average Bonchev–Trinajstić information content (AvgIpc) is 2.64. The van der Waals surface area contributed by atoms with Gasteiger partial charge in [0.15, 0.2) is 5.82 Å². The van der Waals surface area contributed by atoms with Gasteiger partial charge in [0.05, 0.1) is 11.2 Å². The van der Waals surface area contributed by atoms with Gasteiger partial charge in [-0.15, -0.1) is 10.2 Å². The smallest absolute Gasteiger partial charge is 0.151 e. The zero-order valence-corrected chi connectivity index (χ0v) is 18.3. The van der Waals surface area contributed by atoms with Crippen LogP contribution < -0.4 is 10.2 Å². The Hall–Kier alpha value is -2.53. The lowest BCUT2D eigenvalue weighted by Gasteiger charge is -2.49. The quantitative estimate of drug-likeness (QED) is 0.701. The van der Waals surface area contributed by atoms with E-state index in [-0.39, 0.29) is 11.1 Å². The van der Waals surface area contributed by atoms with Gasteiger partial charge in [-0.1, -0.05) is 12.1 Å². The van der Waals surface area contributed by atoms with Gasteiger partial charge in [0.2, 0.25) is 0 Å². The fourth-order valence-corrected chi connectivity index (χ4v) is 4.79. The Morgan fingerprint density at radius 3 is 2.34 bits per heavy atom. The van der Waals surface area contributed by atoms with Gasteiger partial charge in [-0.3, -0.25) is 4.98 Å². The number of piperidine rings is 1. The van der Waals surface area contributed by atoms with Crippen molar-refractivity contribution in [1.82, 2.24) is 20.5 Å². The number of fused-ring (bicyclic) bond motifs is 1. The third kappa shape index (κ3) is 4.25. The van der Waals surface area contributed by atoms with Gasteiger partial charge in [0.25, 0.3) is 0 Å². The van der Waals surface area contributed by atoms with E-state index >= 15 is 0 Å². The molecule has 3 aromatic rings. The number of aromatic nitrogens is 3. The van der Waals surface area contributed by atoms with Crippen LogP contribution in [0.3, 0.4) is 0 Å². The first kappa shape index (κ1) is 19.8. The Morgan fingerprint density at radius 2 is 1.69 bits per heavy atom. The van der Waals surface area contributed by atoms with Gasteiger partial charge >= 0.3 is 0 Å². The summed E-state index contributed by atoms with van der Waals surface area (Å²) in [5.74, 6) is 0.918. The molecule has 0 amide bonds. The van der Waals surface area contributed by atoms with Gasteiger partial charge in [0, 0.05) is 41.3 Å². The number of rotatable bonds is 3. The molecule has 1 aromatic carbocycles. The summed E-state index contributed by atoms with van der Waals surface area (Å²) >= 11 is 0. The Labute approximate surface area is 173 Å². The normalized spacial score (nSPS) is 18.7. The second-order valence-corrected chi connectivity index (χ2v) is 9.76. The molecule has 3 heterocycles. The molecule has 0 unspecified atom stereocenters. The minimum absolute atomic E-state index is 0.102. The Morgan fingerprint density at radius 1 is 0.966 bits per heavy atom. The van der Waals surface area contributed by atoms with Crippen LogP contribution in [0.1, 0.15) is 46.1 Å². The maximum Gasteiger partial charge on any atom is 0.151 e. The summed E-state index contributed by atoms with van der Waals surface area (Å²) in [4.78, 5) is 6.82. The first-order valence-electron chi connectivity index (χ1n) is 10.3. The molecular formula is C24H31N5. The highest BCUT2D eigenvalue weighted by atomic mass is 15.3. The summed E-state index contributed by atoms with van der Waals surface area (Å²) in [6.45, 7) is 11.2. The Bertz CT molecular complexity index is 1010. The summed E-state index contributed by atoms with van der Waals surface area (Å²) < 4.78 is 0. The molecule has 152 valence electrons. The lowest BCUT2D eigenvalue weighted by Crippen LogP contribution is -2.62. The minimum Gasteiger partial charge on any atom is -0.355 e. The van der Waals surface area contributed by atoms with Gasteiger partial charge in [-0.2, -0.15) is 0 Å². The third-order valence-corrected chi connectivity index (χ3v) is 5.84. The number of nitrogens with one attached hydrogen (secondary N) is 1. The average molecular weight is 390 g/mol. The molecule has 5 heteroatoms. The van der Waals surface area contributed by atoms with Gasteiger partial charge in [-0.25, -0.2) is 0 Å². The number of hydrogen-bond acceptors (Lipinski definition) is 5. The van der Waals surface area contributed by atoms with E-state index in [0.29, 0.717) is 6.04 Å². The van der Waals surface area contributed by atoms with Crippen LogP contribution in [-0.4, -0.2) is 39.3 Å². The third-order valence-electron chi connectivity index (χ3n) is 5.84. The minimum atomic E-state index is 0.102. The Kier molecular flexibility index (Phi) is 4.82. The van der Waals surface area contributed by atoms with Crippen LogP contribution in [0.2, 0.25) is 0 Å². The molecule has 29 heavy (non-hydrogen) atoms. The molecule has 1 saturated heterocycles. The van der Waals surface area contributed by atoms with Crippen LogP contribution in [0.5, 0.6) is 0 Å². The van der Waals surface area contributed by atoms with Crippen molar-refractivity contribution < 1.29 is 0 Å². The van der Waals surface area contributed by atoms with E-state index in [1.807, 2.05) is 6.20 Å². The van der Waals surface area contributed by atoms with Crippen LogP contribution >= 0.6 is 0 Å². The summed E-state index contributed by atoms with van der Waals surface area (Å²) in [6, 6.07) is 13.0. The molecule has 4 rings (SSSR count). The van der Waals surface area contributed by atoms with Crippen molar-refractivity contribution in [2.75, 3.05) is 11.9 Å². The van der Waals surface area contributed by atoms with Crippen molar-refractivity contribution in [1.29, 1.82) is 0 Å². The van der Waals surface area contributed by atoms with Gasteiger partial charge < -0.3 is 10.2 Å². The number of anilines is 1. The SMILES string of the molecule is Cc1cnc2cc(-c3ccc(N(C)C4CC(C)(C)NC(C)(C)C4)nn3)ccc2c1. The first-order valence-corrected chi connectivity index (χ1v) is 10.3. The molecule has 0 spiro atoms. The molecular weight excluding hydrogens is 358 g/mol. The van der Waals surface area contributed by atoms with E-state index in [4.69, 9.17) is 0 Å². The highest BCUT2D eigenvalue weighted by Crippen LogP contribution is 2.33. The van der Waals surface area contributed by atoms with Crippen molar-refractivity contribution in [3.05, 3.63) is 48.2 Å². The second-order valence-electron chi connectivity index (χ2n) is 9.76. The van der Waals surface area contributed by atoms with E-state index in [1.54, 1.807) is 0 Å². The van der Waals surface area contributed by atoms with Crippen LogP contribution in [0.15, 0.2) is 42.6 Å². The van der Waals surface area contributed by atoms with Crippen molar-refractivity contribution in [2.24, 2.45) is 0 Å². The maximum atomic E-state index is 4.55. The number of benzene rings is 1. The Balaban J connectivity index is 1.57. The second kappa shape index (κ2) is 7.06. The highest BCUT2D eigenvalue weighted by Gasteiger charge is 2.39. The molecule has 2 aromatic heterocycles. The molecule has 1 aliphatic rings. The molecule has 1 aliphatic heterocycles.